The first-order valence-corrected chi connectivity index (χ1v) is 8.87. The highest BCUT2D eigenvalue weighted by molar-refractivity contribution is 7.88. The first-order chi connectivity index (χ1) is 9.92. The van der Waals surface area contributed by atoms with Crippen LogP contribution in [0.5, 0.6) is 5.75 Å². The average Bonchev–Trinajstić information content (AvgIpc) is 2.40. The quantitative estimate of drug-likeness (QED) is 0.507. The van der Waals surface area contributed by atoms with Crippen molar-refractivity contribution in [3.63, 3.8) is 0 Å². The van der Waals surface area contributed by atoms with Crippen molar-refractivity contribution in [3.8, 4) is 5.75 Å². The SMILES string of the molecule is C=CCOc1ccc(CNCCCNS(C)(=O)=O)cc1Cl. The molecule has 0 saturated carbocycles. The van der Waals surface area contributed by atoms with Crippen LogP contribution in [0.2, 0.25) is 5.02 Å². The molecule has 0 fully saturated rings. The lowest BCUT2D eigenvalue weighted by atomic mass is 10.2. The monoisotopic (exact) mass is 332 g/mol. The van der Waals surface area contributed by atoms with Crippen molar-refractivity contribution in [1.29, 1.82) is 0 Å². The van der Waals surface area contributed by atoms with Crippen molar-refractivity contribution < 1.29 is 13.2 Å². The Balaban J connectivity index is 2.29. The molecule has 118 valence electrons. The molecule has 0 aromatic heterocycles. The van der Waals surface area contributed by atoms with Crippen LogP contribution in [0.25, 0.3) is 0 Å². The molecule has 0 aliphatic carbocycles. The molecule has 1 aromatic carbocycles. The van der Waals surface area contributed by atoms with Crippen LogP contribution in [-0.2, 0) is 16.6 Å². The van der Waals surface area contributed by atoms with Gasteiger partial charge in [-0.15, -0.1) is 0 Å². The molecular weight excluding hydrogens is 312 g/mol. The lowest BCUT2D eigenvalue weighted by molar-refractivity contribution is 0.363. The fraction of sp³-hybridized carbons (Fsp3) is 0.429. The van der Waals surface area contributed by atoms with Gasteiger partial charge in [0.1, 0.15) is 12.4 Å². The molecule has 0 atom stereocenters. The third kappa shape index (κ3) is 8.06. The summed E-state index contributed by atoms with van der Waals surface area (Å²) in [6.45, 7) is 5.82. The molecular formula is C14H21ClN2O3S. The zero-order chi connectivity index (χ0) is 15.7. The van der Waals surface area contributed by atoms with Crippen molar-refractivity contribution in [2.75, 3.05) is 26.0 Å². The summed E-state index contributed by atoms with van der Waals surface area (Å²) in [6.07, 6.45) is 3.54. The Labute approximate surface area is 131 Å². The van der Waals surface area contributed by atoms with Crippen molar-refractivity contribution in [2.45, 2.75) is 13.0 Å². The minimum Gasteiger partial charge on any atom is -0.488 e. The molecule has 0 saturated heterocycles. The molecule has 5 nitrogen and oxygen atoms in total. The number of nitrogens with one attached hydrogen (secondary N) is 2. The van der Waals surface area contributed by atoms with Gasteiger partial charge in [-0.05, 0) is 30.7 Å². The summed E-state index contributed by atoms with van der Waals surface area (Å²) in [5.74, 6) is 0.637. The van der Waals surface area contributed by atoms with Gasteiger partial charge in [-0.1, -0.05) is 30.3 Å². The fourth-order valence-corrected chi connectivity index (χ4v) is 2.40. The van der Waals surface area contributed by atoms with Gasteiger partial charge < -0.3 is 10.1 Å². The molecule has 0 aliphatic rings. The Morgan fingerprint density at radius 3 is 2.76 bits per heavy atom. The highest BCUT2D eigenvalue weighted by atomic mass is 35.5. The van der Waals surface area contributed by atoms with Gasteiger partial charge in [-0.3, -0.25) is 0 Å². The van der Waals surface area contributed by atoms with Crippen molar-refractivity contribution in [2.24, 2.45) is 0 Å². The molecule has 0 heterocycles. The van der Waals surface area contributed by atoms with Crippen molar-refractivity contribution >= 4 is 21.6 Å². The van der Waals surface area contributed by atoms with Crippen LogP contribution in [-0.4, -0.2) is 34.4 Å². The topological polar surface area (TPSA) is 67.4 Å². The van der Waals surface area contributed by atoms with E-state index in [2.05, 4.69) is 16.6 Å². The third-order valence-corrected chi connectivity index (χ3v) is 3.60. The van der Waals surface area contributed by atoms with E-state index in [1.165, 1.54) is 0 Å². The predicted octanol–water partition coefficient (Wildman–Crippen LogP) is 1.93. The second kappa shape index (κ2) is 9.04. The molecule has 7 heteroatoms. The first-order valence-electron chi connectivity index (χ1n) is 6.60. The van der Waals surface area contributed by atoms with Gasteiger partial charge >= 0.3 is 0 Å². The minimum atomic E-state index is -3.10. The van der Waals surface area contributed by atoms with Crippen LogP contribution in [0.1, 0.15) is 12.0 Å². The number of hydrogen-bond donors (Lipinski definition) is 2. The average molecular weight is 333 g/mol. The van der Waals surface area contributed by atoms with Crippen molar-refractivity contribution in [3.05, 3.63) is 41.4 Å². The molecule has 1 rings (SSSR count). The van der Waals surface area contributed by atoms with E-state index in [-0.39, 0.29) is 0 Å². The maximum Gasteiger partial charge on any atom is 0.208 e. The number of rotatable bonds is 10. The van der Waals surface area contributed by atoms with Gasteiger partial charge in [0.25, 0.3) is 0 Å². The second-order valence-electron chi connectivity index (χ2n) is 4.56. The van der Waals surface area contributed by atoms with Gasteiger partial charge in [0.2, 0.25) is 10.0 Å². The molecule has 21 heavy (non-hydrogen) atoms. The van der Waals surface area contributed by atoms with Crippen LogP contribution >= 0.6 is 11.6 Å². The second-order valence-corrected chi connectivity index (χ2v) is 6.80. The number of sulfonamides is 1. The number of benzene rings is 1. The first kappa shape index (κ1) is 18.0. The summed E-state index contributed by atoms with van der Waals surface area (Å²) in [6, 6.07) is 5.61. The zero-order valence-corrected chi connectivity index (χ0v) is 13.6. The molecule has 0 radical (unpaired) electrons. The standard InChI is InChI=1S/C14H21ClN2O3S/c1-3-9-20-14-6-5-12(10-13(14)15)11-16-7-4-8-17-21(2,18)19/h3,5-6,10,16-17H,1,4,7-9,11H2,2H3. The van der Waals surface area contributed by atoms with E-state index in [9.17, 15) is 8.42 Å². The van der Waals surface area contributed by atoms with Crippen LogP contribution in [0.15, 0.2) is 30.9 Å². The van der Waals surface area contributed by atoms with Gasteiger partial charge in [-0.2, -0.15) is 0 Å². The van der Waals surface area contributed by atoms with E-state index in [0.717, 1.165) is 24.8 Å². The summed E-state index contributed by atoms with van der Waals surface area (Å²) in [5.41, 5.74) is 1.04. The number of ether oxygens (including phenoxy) is 1. The summed E-state index contributed by atoms with van der Waals surface area (Å²) >= 11 is 6.11. The van der Waals surface area contributed by atoms with E-state index in [4.69, 9.17) is 16.3 Å². The predicted molar refractivity (Wildman–Crippen MR) is 86.3 cm³/mol. The number of halogens is 1. The van der Waals surface area contributed by atoms with E-state index in [0.29, 0.717) is 30.5 Å². The lowest BCUT2D eigenvalue weighted by Crippen LogP contribution is -2.26. The van der Waals surface area contributed by atoms with Crippen LogP contribution in [0.4, 0.5) is 0 Å². The molecule has 1 aromatic rings. The Morgan fingerprint density at radius 1 is 1.38 bits per heavy atom. The molecule has 0 spiro atoms. The van der Waals surface area contributed by atoms with E-state index < -0.39 is 10.0 Å². The zero-order valence-electron chi connectivity index (χ0n) is 12.1. The maximum atomic E-state index is 10.9. The van der Waals surface area contributed by atoms with Crippen LogP contribution in [0.3, 0.4) is 0 Å². The molecule has 0 bridgehead atoms. The minimum absolute atomic E-state index is 0.421. The van der Waals surface area contributed by atoms with E-state index in [1.807, 2.05) is 18.2 Å². The smallest absolute Gasteiger partial charge is 0.208 e. The largest absolute Gasteiger partial charge is 0.488 e. The molecule has 0 aliphatic heterocycles. The van der Waals surface area contributed by atoms with Gasteiger partial charge in [0.15, 0.2) is 0 Å². The summed E-state index contributed by atoms with van der Waals surface area (Å²) in [7, 11) is -3.10. The summed E-state index contributed by atoms with van der Waals surface area (Å²) in [4.78, 5) is 0. The Hall–Kier alpha value is -1.08. The van der Waals surface area contributed by atoms with Crippen LogP contribution < -0.4 is 14.8 Å². The lowest BCUT2D eigenvalue weighted by Gasteiger charge is -2.09. The Kier molecular flexibility index (Phi) is 7.74. The maximum absolute atomic E-state index is 10.9. The van der Waals surface area contributed by atoms with E-state index >= 15 is 0 Å². The number of hydrogen-bond acceptors (Lipinski definition) is 4. The van der Waals surface area contributed by atoms with Crippen molar-refractivity contribution in [1.82, 2.24) is 10.0 Å². The normalized spacial score (nSPS) is 11.3. The summed E-state index contributed by atoms with van der Waals surface area (Å²) in [5, 5.41) is 3.79. The molecule has 0 amide bonds. The van der Waals surface area contributed by atoms with E-state index in [1.54, 1.807) is 6.08 Å². The molecule has 2 N–H and O–H groups in total. The molecule has 0 unspecified atom stereocenters. The van der Waals surface area contributed by atoms with Crippen LogP contribution in [0, 0.1) is 0 Å². The van der Waals surface area contributed by atoms with Gasteiger partial charge in [0, 0.05) is 13.1 Å². The van der Waals surface area contributed by atoms with Gasteiger partial charge in [-0.25, -0.2) is 13.1 Å². The highest BCUT2D eigenvalue weighted by Gasteiger charge is 2.03. The van der Waals surface area contributed by atoms with Gasteiger partial charge in [0.05, 0.1) is 11.3 Å². The highest BCUT2D eigenvalue weighted by Crippen LogP contribution is 2.25. The fourth-order valence-electron chi connectivity index (χ4n) is 1.62. The third-order valence-electron chi connectivity index (χ3n) is 2.58. The Morgan fingerprint density at radius 2 is 2.14 bits per heavy atom. The Bertz CT molecular complexity index is 561. The summed E-state index contributed by atoms with van der Waals surface area (Å²) < 4.78 is 29.6.